The van der Waals surface area contributed by atoms with Crippen LogP contribution in [0.3, 0.4) is 0 Å². The molecule has 0 amide bonds. The highest BCUT2D eigenvalue weighted by atomic mass is 16.7. The summed E-state index contributed by atoms with van der Waals surface area (Å²) in [6.07, 6.45) is 0. The van der Waals surface area contributed by atoms with Crippen LogP contribution >= 0.6 is 0 Å². The van der Waals surface area contributed by atoms with Crippen LogP contribution in [0, 0.1) is 0 Å². The molecular weight excluding hydrogens is 140 g/mol. The van der Waals surface area contributed by atoms with E-state index < -0.39 is 0 Å². The summed E-state index contributed by atoms with van der Waals surface area (Å²) in [4.78, 5) is 4.96. The van der Waals surface area contributed by atoms with Gasteiger partial charge in [0.2, 0.25) is 0 Å². The first-order chi connectivity index (χ1) is 4.95. The van der Waals surface area contributed by atoms with Crippen molar-refractivity contribution in [1.29, 1.82) is 0 Å². The van der Waals surface area contributed by atoms with Crippen molar-refractivity contribution in [2.24, 2.45) is 0 Å². The number of hydrogen-bond acceptors (Lipinski definition) is 3. The third kappa shape index (κ3) is 7.78. The molecule has 0 spiro atoms. The summed E-state index contributed by atoms with van der Waals surface area (Å²) in [6.45, 7) is 8.32. The minimum atomic E-state index is 0.203. The van der Waals surface area contributed by atoms with Crippen molar-refractivity contribution in [3.05, 3.63) is 0 Å². The number of hydrogen-bond donors (Lipinski definition) is 1. The van der Waals surface area contributed by atoms with Gasteiger partial charge in [-0.2, -0.15) is 5.06 Å². The quantitative estimate of drug-likeness (QED) is 0.618. The molecule has 0 bridgehead atoms. The molecule has 0 aromatic carbocycles. The van der Waals surface area contributed by atoms with E-state index in [9.17, 15) is 0 Å². The fourth-order valence-electron chi connectivity index (χ4n) is 0.680. The molecule has 0 aliphatic rings. The van der Waals surface area contributed by atoms with Crippen LogP contribution in [-0.2, 0) is 4.84 Å². The second kappa shape index (κ2) is 4.70. The van der Waals surface area contributed by atoms with E-state index >= 15 is 0 Å². The van der Waals surface area contributed by atoms with Crippen LogP contribution in [0.25, 0.3) is 0 Å². The Balaban J connectivity index is 3.28. The highest BCUT2D eigenvalue weighted by molar-refractivity contribution is 4.69. The molecule has 0 aromatic rings. The van der Waals surface area contributed by atoms with Crippen molar-refractivity contribution in [2.75, 3.05) is 27.2 Å². The minimum Gasteiger partial charge on any atom is -0.311 e. The van der Waals surface area contributed by atoms with E-state index in [1.807, 2.05) is 7.05 Å². The van der Waals surface area contributed by atoms with E-state index in [1.54, 1.807) is 12.2 Å². The van der Waals surface area contributed by atoms with Gasteiger partial charge in [0.05, 0.1) is 7.11 Å². The highest BCUT2D eigenvalue weighted by Gasteiger charge is 2.07. The predicted molar refractivity (Wildman–Crippen MR) is 47.4 cm³/mol. The summed E-state index contributed by atoms with van der Waals surface area (Å²) in [5.41, 5.74) is 0.203. The van der Waals surface area contributed by atoms with Crippen molar-refractivity contribution in [3.8, 4) is 0 Å². The number of nitrogens with one attached hydrogen (secondary N) is 1. The maximum Gasteiger partial charge on any atom is 0.0575 e. The lowest BCUT2D eigenvalue weighted by Gasteiger charge is -2.22. The Kier molecular flexibility index (Phi) is 4.65. The van der Waals surface area contributed by atoms with Crippen LogP contribution in [0.15, 0.2) is 0 Å². The Labute approximate surface area is 69.7 Å². The topological polar surface area (TPSA) is 24.5 Å². The van der Waals surface area contributed by atoms with Gasteiger partial charge in [-0.15, -0.1) is 0 Å². The van der Waals surface area contributed by atoms with E-state index in [2.05, 4.69) is 26.1 Å². The largest absolute Gasteiger partial charge is 0.311 e. The van der Waals surface area contributed by atoms with Crippen LogP contribution in [-0.4, -0.2) is 37.8 Å². The summed E-state index contributed by atoms with van der Waals surface area (Å²) in [5, 5.41) is 5.17. The summed E-state index contributed by atoms with van der Waals surface area (Å²) in [6, 6.07) is 0. The third-order valence-corrected chi connectivity index (χ3v) is 1.39. The molecule has 0 aliphatic carbocycles. The molecule has 3 nitrogen and oxygen atoms in total. The van der Waals surface area contributed by atoms with Gasteiger partial charge in [-0.3, -0.25) is 0 Å². The molecular formula is C8H20N2O. The van der Waals surface area contributed by atoms with E-state index in [0.717, 1.165) is 13.1 Å². The Morgan fingerprint density at radius 1 is 1.36 bits per heavy atom. The van der Waals surface area contributed by atoms with Crippen LogP contribution in [0.4, 0.5) is 0 Å². The van der Waals surface area contributed by atoms with Gasteiger partial charge in [-0.25, -0.2) is 0 Å². The van der Waals surface area contributed by atoms with Crippen molar-refractivity contribution in [1.82, 2.24) is 10.4 Å². The zero-order chi connectivity index (χ0) is 8.91. The van der Waals surface area contributed by atoms with E-state index in [4.69, 9.17) is 4.84 Å². The van der Waals surface area contributed by atoms with Gasteiger partial charge in [0, 0.05) is 25.7 Å². The van der Waals surface area contributed by atoms with E-state index in [1.165, 1.54) is 0 Å². The zero-order valence-electron chi connectivity index (χ0n) is 8.27. The molecule has 0 saturated heterocycles. The second-order valence-corrected chi connectivity index (χ2v) is 3.71. The van der Waals surface area contributed by atoms with Gasteiger partial charge in [0.1, 0.15) is 0 Å². The van der Waals surface area contributed by atoms with Gasteiger partial charge < -0.3 is 10.2 Å². The first-order valence-electron chi connectivity index (χ1n) is 3.96. The molecule has 1 N–H and O–H groups in total. The first-order valence-corrected chi connectivity index (χ1v) is 3.96. The predicted octanol–water partition coefficient (Wildman–Crippen LogP) is 0.868. The highest BCUT2D eigenvalue weighted by Crippen LogP contribution is 1.96. The van der Waals surface area contributed by atoms with Gasteiger partial charge in [-0.05, 0) is 20.8 Å². The molecule has 0 aliphatic heterocycles. The van der Waals surface area contributed by atoms with Crippen LogP contribution < -0.4 is 5.32 Å². The van der Waals surface area contributed by atoms with Crippen LogP contribution in [0.5, 0.6) is 0 Å². The minimum absolute atomic E-state index is 0.203. The van der Waals surface area contributed by atoms with Crippen molar-refractivity contribution in [3.63, 3.8) is 0 Å². The number of rotatable bonds is 4. The molecule has 3 heteroatoms. The zero-order valence-corrected chi connectivity index (χ0v) is 8.27. The molecule has 0 saturated carbocycles. The number of likely N-dealkylation sites (N-methyl/N-ethyl adjacent to an activating group) is 1. The number of nitrogens with zero attached hydrogens (tertiary/aromatic N) is 1. The maximum absolute atomic E-state index is 4.96. The summed E-state index contributed by atoms with van der Waals surface area (Å²) >= 11 is 0. The van der Waals surface area contributed by atoms with Gasteiger partial charge >= 0.3 is 0 Å². The average Bonchev–Trinajstić information content (AvgIpc) is 1.85. The molecule has 68 valence electrons. The maximum atomic E-state index is 4.96. The van der Waals surface area contributed by atoms with Crippen LogP contribution in [0.2, 0.25) is 0 Å². The van der Waals surface area contributed by atoms with E-state index in [-0.39, 0.29) is 5.54 Å². The number of hydroxylamine groups is 2. The van der Waals surface area contributed by atoms with E-state index in [0.29, 0.717) is 0 Å². The SMILES string of the molecule is CON(C)CCNC(C)(C)C. The standard InChI is InChI=1S/C8H20N2O/c1-8(2,3)9-6-7-10(4)11-5/h9H,6-7H2,1-5H3. The Bertz CT molecular complexity index is 98.8. The first kappa shape index (κ1) is 10.9. The van der Waals surface area contributed by atoms with Gasteiger partial charge in [0.25, 0.3) is 0 Å². The molecule has 0 radical (unpaired) electrons. The molecule has 0 heterocycles. The Morgan fingerprint density at radius 3 is 2.27 bits per heavy atom. The van der Waals surface area contributed by atoms with Gasteiger partial charge in [0.15, 0.2) is 0 Å². The summed E-state index contributed by atoms with van der Waals surface area (Å²) < 4.78 is 0. The molecule has 11 heavy (non-hydrogen) atoms. The monoisotopic (exact) mass is 160 g/mol. The molecule has 0 rings (SSSR count). The Morgan fingerprint density at radius 2 is 1.91 bits per heavy atom. The average molecular weight is 160 g/mol. The summed E-state index contributed by atoms with van der Waals surface area (Å²) in [5.74, 6) is 0. The molecule has 0 fully saturated rings. The van der Waals surface area contributed by atoms with Crippen molar-refractivity contribution < 1.29 is 4.84 Å². The Hall–Kier alpha value is -0.120. The lowest BCUT2D eigenvalue weighted by atomic mass is 10.1. The lowest BCUT2D eigenvalue weighted by Crippen LogP contribution is -2.40. The van der Waals surface area contributed by atoms with Crippen molar-refractivity contribution in [2.45, 2.75) is 26.3 Å². The fraction of sp³-hybridized carbons (Fsp3) is 1.00. The fourth-order valence-corrected chi connectivity index (χ4v) is 0.680. The van der Waals surface area contributed by atoms with Crippen molar-refractivity contribution >= 4 is 0 Å². The summed E-state index contributed by atoms with van der Waals surface area (Å²) in [7, 11) is 3.60. The second-order valence-electron chi connectivity index (χ2n) is 3.71. The molecule has 0 unspecified atom stereocenters. The molecule has 0 aromatic heterocycles. The molecule has 0 atom stereocenters. The normalized spacial score (nSPS) is 12.5. The lowest BCUT2D eigenvalue weighted by molar-refractivity contribution is -0.108. The smallest absolute Gasteiger partial charge is 0.0575 e. The van der Waals surface area contributed by atoms with Gasteiger partial charge in [-0.1, -0.05) is 0 Å². The third-order valence-electron chi connectivity index (χ3n) is 1.39. The van der Waals surface area contributed by atoms with Crippen LogP contribution in [0.1, 0.15) is 20.8 Å².